The number of aryl methyl sites for hydroxylation is 1. The fraction of sp³-hybridized carbons (Fsp3) is 0.429. The second-order valence-electron chi connectivity index (χ2n) is 4.50. The van der Waals surface area contributed by atoms with Gasteiger partial charge in [0.1, 0.15) is 0 Å². The van der Waals surface area contributed by atoms with Crippen LogP contribution in [-0.4, -0.2) is 23.6 Å². The predicted octanol–water partition coefficient (Wildman–Crippen LogP) is 2.59. The van der Waals surface area contributed by atoms with Gasteiger partial charge in [0.25, 0.3) is 0 Å². The van der Waals surface area contributed by atoms with Gasteiger partial charge >= 0.3 is 0 Å². The van der Waals surface area contributed by atoms with E-state index in [1.165, 1.54) is 5.69 Å². The maximum atomic E-state index is 4.50. The second kappa shape index (κ2) is 6.63. The Labute approximate surface area is 118 Å². The average Bonchev–Trinajstić information content (AvgIpc) is 2.82. The van der Waals surface area contributed by atoms with E-state index in [1.54, 1.807) is 11.3 Å². The van der Waals surface area contributed by atoms with Gasteiger partial charge in [0.05, 0.1) is 22.9 Å². The number of hydrogen-bond donors (Lipinski definition) is 1. The van der Waals surface area contributed by atoms with Crippen molar-refractivity contribution in [2.45, 2.75) is 26.9 Å². The smallest absolute Gasteiger partial charge is 0.0898 e. The van der Waals surface area contributed by atoms with E-state index in [-0.39, 0.29) is 0 Å². The fourth-order valence-corrected chi connectivity index (χ4v) is 2.47. The topological polar surface area (TPSA) is 41.0 Å². The van der Waals surface area contributed by atoms with Crippen LogP contribution < -0.4 is 10.2 Å². The van der Waals surface area contributed by atoms with Crippen LogP contribution in [0.5, 0.6) is 0 Å². The summed E-state index contributed by atoms with van der Waals surface area (Å²) in [5, 5.41) is 6.53. The van der Waals surface area contributed by atoms with E-state index in [9.17, 15) is 0 Å². The number of pyridine rings is 1. The number of nitrogens with one attached hydrogen (secondary N) is 1. The molecular formula is C14H20N4S. The van der Waals surface area contributed by atoms with Gasteiger partial charge in [-0.2, -0.15) is 0 Å². The Hall–Kier alpha value is -1.46. The average molecular weight is 276 g/mol. The molecule has 0 radical (unpaired) electrons. The standard InChI is InChI=1S/C14H20N4S/c1-4-15-8-12-7-14(5-6-16-12)18(3)9-13-10-19-11(2)17-13/h5-7,10,15H,4,8-9H2,1-3H3. The third-order valence-electron chi connectivity index (χ3n) is 2.86. The molecule has 0 bridgehead atoms. The van der Waals surface area contributed by atoms with E-state index in [2.05, 4.69) is 45.6 Å². The maximum absolute atomic E-state index is 4.50. The third kappa shape index (κ3) is 4.01. The highest BCUT2D eigenvalue weighted by atomic mass is 32.1. The lowest BCUT2D eigenvalue weighted by atomic mass is 10.3. The van der Waals surface area contributed by atoms with Gasteiger partial charge in [0, 0.05) is 30.9 Å². The SMILES string of the molecule is CCNCc1cc(N(C)Cc2csc(C)n2)ccn1. The van der Waals surface area contributed by atoms with E-state index in [0.717, 1.165) is 36.0 Å². The van der Waals surface area contributed by atoms with E-state index in [0.29, 0.717) is 0 Å². The summed E-state index contributed by atoms with van der Waals surface area (Å²) >= 11 is 1.70. The Morgan fingerprint density at radius 2 is 2.21 bits per heavy atom. The van der Waals surface area contributed by atoms with Crippen molar-refractivity contribution in [1.82, 2.24) is 15.3 Å². The van der Waals surface area contributed by atoms with Crippen molar-refractivity contribution in [3.05, 3.63) is 40.1 Å². The van der Waals surface area contributed by atoms with Gasteiger partial charge in [0.15, 0.2) is 0 Å². The van der Waals surface area contributed by atoms with Crippen LogP contribution in [0.1, 0.15) is 23.3 Å². The Kier molecular flexibility index (Phi) is 4.87. The molecule has 2 heterocycles. The van der Waals surface area contributed by atoms with Gasteiger partial charge < -0.3 is 10.2 Å². The molecule has 0 aliphatic heterocycles. The molecule has 4 nitrogen and oxygen atoms in total. The number of hydrogen-bond acceptors (Lipinski definition) is 5. The molecule has 0 saturated carbocycles. The minimum atomic E-state index is 0.813. The van der Waals surface area contributed by atoms with Crippen molar-refractivity contribution in [1.29, 1.82) is 0 Å². The minimum absolute atomic E-state index is 0.813. The first-order chi connectivity index (χ1) is 9.19. The van der Waals surface area contributed by atoms with Gasteiger partial charge in [-0.15, -0.1) is 11.3 Å². The molecule has 0 aromatic carbocycles. The molecule has 0 aliphatic carbocycles. The lowest BCUT2D eigenvalue weighted by molar-refractivity contribution is 0.710. The number of rotatable bonds is 6. The lowest BCUT2D eigenvalue weighted by Crippen LogP contribution is -2.18. The van der Waals surface area contributed by atoms with Crippen molar-refractivity contribution in [2.75, 3.05) is 18.5 Å². The van der Waals surface area contributed by atoms with Gasteiger partial charge in [0.2, 0.25) is 0 Å². The van der Waals surface area contributed by atoms with Crippen molar-refractivity contribution in [2.24, 2.45) is 0 Å². The molecule has 0 spiro atoms. The lowest BCUT2D eigenvalue weighted by Gasteiger charge is -2.18. The molecule has 0 unspecified atom stereocenters. The second-order valence-corrected chi connectivity index (χ2v) is 5.56. The number of nitrogens with zero attached hydrogens (tertiary/aromatic N) is 3. The van der Waals surface area contributed by atoms with Crippen LogP contribution in [-0.2, 0) is 13.1 Å². The molecule has 0 amide bonds. The number of thiazole rings is 1. The van der Waals surface area contributed by atoms with E-state index in [1.807, 2.05) is 19.2 Å². The first-order valence-corrected chi connectivity index (χ1v) is 7.34. The van der Waals surface area contributed by atoms with Gasteiger partial charge in [-0.25, -0.2) is 4.98 Å². The molecule has 102 valence electrons. The molecule has 19 heavy (non-hydrogen) atoms. The van der Waals surface area contributed by atoms with E-state index < -0.39 is 0 Å². The molecule has 5 heteroatoms. The highest BCUT2D eigenvalue weighted by Crippen LogP contribution is 2.17. The van der Waals surface area contributed by atoms with Crippen molar-refractivity contribution < 1.29 is 0 Å². The Bertz CT molecular complexity index is 524. The van der Waals surface area contributed by atoms with Gasteiger partial charge in [-0.3, -0.25) is 4.98 Å². The molecule has 0 atom stereocenters. The molecule has 0 fully saturated rings. The highest BCUT2D eigenvalue weighted by molar-refractivity contribution is 7.09. The van der Waals surface area contributed by atoms with Crippen molar-refractivity contribution in [3.63, 3.8) is 0 Å². The molecular weight excluding hydrogens is 256 g/mol. The molecule has 2 aromatic heterocycles. The summed E-state index contributed by atoms with van der Waals surface area (Å²) in [6.07, 6.45) is 1.87. The van der Waals surface area contributed by atoms with E-state index >= 15 is 0 Å². The molecule has 0 saturated heterocycles. The quantitative estimate of drug-likeness (QED) is 0.880. The summed E-state index contributed by atoms with van der Waals surface area (Å²) in [7, 11) is 2.08. The number of aromatic nitrogens is 2. The normalized spacial score (nSPS) is 10.7. The summed E-state index contributed by atoms with van der Waals surface area (Å²) in [4.78, 5) is 11.1. The first-order valence-electron chi connectivity index (χ1n) is 6.47. The van der Waals surface area contributed by atoms with Crippen LogP contribution in [0.3, 0.4) is 0 Å². The summed E-state index contributed by atoms with van der Waals surface area (Å²) in [5.41, 5.74) is 3.37. The summed E-state index contributed by atoms with van der Waals surface area (Å²) in [6, 6.07) is 4.16. The number of anilines is 1. The predicted molar refractivity (Wildman–Crippen MR) is 80.6 cm³/mol. The zero-order valence-electron chi connectivity index (χ0n) is 11.7. The fourth-order valence-electron chi connectivity index (χ4n) is 1.87. The Balaban J connectivity index is 2.03. The van der Waals surface area contributed by atoms with Gasteiger partial charge in [-0.1, -0.05) is 6.92 Å². The summed E-state index contributed by atoms with van der Waals surface area (Å²) in [5.74, 6) is 0. The summed E-state index contributed by atoms with van der Waals surface area (Å²) in [6.45, 7) is 6.73. The van der Waals surface area contributed by atoms with Crippen molar-refractivity contribution in [3.8, 4) is 0 Å². The molecule has 0 aliphatic rings. The third-order valence-corrected chi connectivity index (χ3v) is 3.69. The van der Waals surface area contributed by atoms with Crippen LogP contribution in [0.4, 0.5) is 5.69 Å². The Morgan fingerprint density at radius 1 is 1.37 bits per heavy atom. The zero-order valence-corrected chi connectivity index (χ0v) is 12.5. The van der Waals surface area contributed by atoms with Crippen LogP contribution in [0.15, 0.2) is 23.7 Å². The first kappa shape index (κ1) is 14.0. The van der Waals surface area contributed by atoms with Crippen LogP contribution >= 0.6 is 11.3 Å². The minimum Gasteiger partial charge on any atom is -0.369 e. The van der Waals surface area contributed by atoms with Crippen LogP contribution in [0.2, 0.25) is 0 Å². The zero-order chi connectivity index (χ0) is 13.7. The van der Waals surface area contributed by atoms with Crippen LogP contribution in [0, 0.1) is 6.92 Å². The van der Waals surface area contributed by atoms with E-state index in [4.69, 9.17) is 0 Å². The molecule has 2 rings (SSSR count). The largest absolute Gasteiger partial charge is 0.369 e. The summed E-state index contributed by atoms with van der Waals surface area (Å²) < 4.78 is 0. The monoisotopic (exact) mass is 276 g/mol. The van der Waals surface area contributed by atoms with Crippen molar-refractivity contribution >= 4 is 17.0 Å². The van der Waals surface area contributed by atoms with Crippen LogP contribution in [0.25, 0.3) is 0 Å². The van der Waals surface area contributed by atoms with Gasteiger partial charge in [-0.05, 0) is 25.6 Å². The maximum Gasteiger partial charge on any atom is 0.0898 e. The Morgan fingerprint density at radius 3 is 2.89 bits per heavy atom. The molecule has 2 aromatic rings. The highest BCUT2D eigenvalue weighted by Gasteiger charge is 2.06. The molecule has 1 N–H and O–H groups in total.